The molecule has 0 saturated heterocycles. The SMILES string of the molecule is O=NC/C=C/C1=CSC(=C2SC=CS2)S1. The number of hydrogen-bond donors (Lipinski definition) is 0. The average molecular weight is 273 g/mol. The number of rotatable bonds is 3. The molecule has 2 rings (SSSR count). The lowest BCUT2D eigenvalue weighted by Gasteiger charge is -1.99. The Balaban J connectivity index is 1.93. The van der Waals surface area contributed by atoms with Crippen LogP contribution in [0.4, 0.5) is 0 Å². The highest BCUT2D eigenvalue weighted by atomic mass is 32.2. The molecule has 0 fully saturated rings. The van der Waals surface area contributed by atoms with E-state index in [1.54, 1.807) is 53.1 Å². The largest absolute Gasteiger partial charge is 0.150 e. The molecule has 0 N–H and O–H groups in total. The van der Waals surface area contributed by atoms with Crippen LogP contribution in [-0.4, -0.2) is 6.54 Å². The molecule has 0 amide bonds. The van der Waals surface area contributed by atoms with Crippen LogP contribution in [0.15, 0.2) is 46.9 Å². The van der Waals surface area contributed by atoms with Gasteiger partial charge in [-0.05, 0) is 22.3 Å². The summed E-state index contributed by atoms with van der Waals surface area (Å²) in [6.07, 6.45) is 3.73. The van der Waals surface area contributed by atoms with Crippen LogP contribution in [0, 0.1) is 4.91 Å². The van der Waals surface area contributed by atoms with E-state index in [1.165, 1.54) is 13.4 Å². The van der Waals surface area contributed by atoms with E-state index >= 15 is 0 Å². The molecule has 0 radical (unpaired) electrons. The first-order chi connectivity index (χ1) is 7.40. The average Bonchev–Trinajstić information content (AvgIpc) is 2.87. The van der Waals surface area contributed by atoms with Gasteiger partial charge in [0.25, 0.3) is 0 Å². The molecule has 78 valence electrons. The third-order valence-electron chi connectivity index (χ3n) is 1.53. The molecule has 0 aromatic carbocycles. The summed E-state index contributed by atoms with van der Waals surface area (Å²) in [7, 11) is 0. The van der Waals surface area contributed by atoms with E-state index in [-0.39, 0.29) is 6.54 Å². The Labute approximate surface area is 105 Å². The van der Waals surface area contributed by atoms with Gasteiger partial charge in [-0.15, -0.1) is 0 Å². The van der Waals surface area contributed by atoms with Crippen LogP contribution in [0.1, 0.15) is 0 Å². The van der Waals surface area contributed by atoms with Crippen molar-refractivity contribution >= 4 is 47.0 Å². The number of nitrogens with zero attached hydrogens (tertiary/aromatic N) is 1. The Morgan fingerprint density at radius 2 is 2.00 bits per heavy atom. The molecule has 2 heterocycles. The Bertz CT molecular complexity index is 374. The summed E-state index contributed by atoms with van der Waals surface area (Å²) in [5.74, 6) is 0. The minimum absolute atomic E-state index is 0.250. The summed E-state index contributed by atoms with van der Waals surface area (Å²) < 4.78 is 2.67. The van der Waals surface area contributed by atoms with Crippen molar-refractivity contribution < 1.29 is 0 Å². The highest BCUT2D eigenvalue weighted by molar-refractivity contribution is 8.33. The summed E-state index contributed by atoms with van der Waals surface area (Å²) in [6, 6.07) is 0. The van der Waals surface area contributed by atoms with Gasteiger partial charge < -0.3 is 0 Å². The second kappa shape index (κ2) is 5.89. The first-order valence-electron chi connectivity index (χ1n) is 4.13. The summed E-state index contributed by atoms with van der Waals surface area (Å²) >= 11 is 7.02. The molecule has 15 heavy (non-hydrogen) atoms. The molecule has 0 saturated carbocycles. The van der Waals surface area contributed by atoms with Crippen molar-refractivity contribution in [3.05, 3.63) is 46.7 Å². The van der Waals surface area contributed by atoms with Gasteiger partial charge in [0.2, 0.25) is 0 Å². The van der Waals surface area contributed by atoms with Gasteiger partial charge in [-0.1, -0.05) is 58.3 Å². The van der Waals surface area contributed by atoms with Crippen molar-refractivity contribution in [3.63, 3.8) is 0 Å². The number of hydrogen-bond acceptors (Lipinski definition) is 6. The van der Waals surface area contributed by atoms with E-state index in [0.29, 0.717) is 0 Å². The zero-order valence-corrected chi connectivity index (χ0v) is 10.8. The number of thioether (sulfide) groups is 4. The minimum atomic E-state index is 0.250. The molecular formula is C9H7NOS4. The summed E-state index contributed by atoms with van der Waals surface area (Å²) in [5.41, 5.74) is 0. The highest BCUT2D eigenvalue weighted by Crippen LogP contribution is 2.53. The zero-order valence-electron chi connectivity index (χ0n) is 7.58. The molecule has 6 heteroatoms. The molecule has 0 unspecified atom stereocenters. The number of nitroso groups, excluding NO2 is 1. The molecule has 2 aliphatic rings. The lowest BCUT2D eigenvalue weighted by atomic mass is 10.5. The normalized spacial score (nSPS) is 20.4. The van der Waals surface area contributed by atoms with Crippen LogP contribution in [0.5, 0.6) is 0 Å². The fourth-order valence-corrected chi connectivity index (χ4v) is 5.32. The summed E-state index contributed by atoms with van der Waals surface area (Å²) in [4.78, 5) is 11.1. The smallest absolute Gasteiger partial charge is 0.0995 e. The van der Waals surface area contributed by atoms with Crippen LogP contribution in [0.3, 0.4) is 0 Å². The monoisotopic (exact) mass is 273 g/mol. The maximum atomic E-state index is 9.90. The van der Waals surface area contributed by atoms with Crippen molar-refractivity contribution in [1.82, 2.24) is 0 Å². The van der Waals surface area contributed by atoms with Gasteiger partial charge in [0.15, 0.2) is 0 Å². The Morgan fingerprint density at radius 1 is 1.20 bits per heavy atom. The molecule has 0 spiro atoms. The van der Waals surface area contributed by atoms with Gasteiger partial charge in [-0.2, -0.15) is 4.91 Å². The van der Waals surface area contributed by atoms with Gasteiger partial charge in [0.05, 0.1) is 15.0 Å². The fraction of sp³-hybridized carbons (Fsp3) is 0.111. The van der Waals surface area contributed by atoms with Crippen molar-refractivity contribution in [1.29, 1.82) is 0 Å². The van der Waals surface area contributed by atoms with Crippen molar-refractivity contribution in [3.8, 4) is 0 Å². The molecule has 2 aliphatic heterocycles. The van der Waals surface area contributed by atoms with E-state index in [0.717, 1.165) is 0 Å². The Kier molecular flexibility index (Phi) is 4.49. The van der Waals surface area contributed by atoms with Crippen molar-refractivity contribution in [2.75, 3.05) is 6.54 Å². The molecule has 0 bridgehead atoms. The fourth-order valence-electron chi connectivity index (χ4n) is 0.945. The zero-order chi connectivity index (χ0) is 10.5. The summed E-state index contributed by atoms with van der Waals surface area (Å²) in [5, 5.41) is 9.08. The van der Waals surface area contributed by atoms with Crippen LogP contribution in [0.2, 0.25) is 0 Å². The van der Waals surface area contributed by atoms with E-state index < -0.39 is 0 Å². The number of allylic oxidation sites excluding steroid dienone is 1. The lowest BCUT2D eigenvalue weighted by Crippen LogP contribution is -1.69. The molecule has 0 atom stereocenters. The van der Waals surface area contributed by atoms with E-state index in [9.17, 15) is 4.91 Å². The Hall–Kier alpha value is -0.0400. The van der Waals surface area contributed by atoms with Crippen LogP contribution < -0.4 is 0 Å². The van der Waals surface area contributed by atoms with E-state index in [2.05, 4.69) is 21.4 Å². The quantitative estimate of drug-likeness (QED) is 0.695. The second-order valence-electron chi connectivity index (χ2n) is 2.54. The standard InChI is InChI=1S/C9H7NOS4/c11-10-3-1-2-7-6-14-9(15-7)8-12-4-5-13-8/h1-2,4-6H,3H2/b2-1+. The minimum Gasteiger partial charge on any atom is -0.150 e. The second-order valence-corrected chi connectivity index (χ2v) is 6.85. The first kappa shape index (κ1) is 11.4. The first-order valence-corrected chi connectivity index (χ1v) is 7.58. The maximum Gasteiger partial charge on any atom is 0.0995 e. The maximum absolute atomic E-state index is 9.90. The third-order valence-corrected chi connectivity index (χ3v) is 6.53. The van der Waals surface area contributed by atoms with Crippen molar-refractivity contribution in [2.24, 2.45) is 5.18 Å². The van der Waals surface area contributed by atoms with Gasteiger partial charge >= 0.3 is 0 Å². The lowest BCUT2D eigenvalue weighted by molar-refractivity contribution is 1.22. The van der Waals surface area contributed by atoms with E-state index in [1.807, 2.05) is 6.08 Å². The molecule has 2 nitrogen and oxygen atoms in total. The van der Waals surface area contributed by atoms with Gasteiger partial charge in [0.1, 0.15) is 0 Å². The van der Waals surface area contributed by atoms with Crippen molar-refractivity contribution in [2.45, 2.75) is 0 Å². The van der Waals surface area contributed by atoms with Crippen LogP contribution in [-0.2, 0) is 0 Å². The molecule has 0 aliphatic carbocycles. The van der Waals surface area contributed by atoms with Gasteiger partial charge in [-0.25, -0.2) is 0 Å². The highest BCUT2D eigenvalue weighted by Gasteiger charge is 2.16. The van der Waals surface area contributed by atoms with E-state index in [4.69, 9.17) is 0 Å². The Morgan fingerprint density at radius 3 is 2.73 bits per heavy atom. The molecular weight excluding hydrogens is 266 g/mol. The molecule has 0 aromatic heterocycles. The van der Waals surface area contributed by atoms with Crippen LogP contribution >= 0.6 is 47.0 Å². The predicted octanol–water partition coefficient (Wildman–Crippen LogP) is 4.71. The third kappa shape index (κ3) is 3.21. The van der Waals surface area contributed by atoms with Gasteiger partial charge in [-0.3, -0.25) is 0 Å². The predicted molar refractivity (Wildman–Crippen MR) is 74.4 cm³/mol. The van der Waals surface area contributed by atoms with Crippen LogP contribution in [0.25, 0.3) is 0 Å². The summed E-state index contributed by atoms with van der Waals surface area (Å²) in [6.45, 7) is 0.250. The van der Waals surface area contributed by atoms with Gasteiger partial charge in [0, 0.05) is 4.91 Å². The topological polar surface area (TPSA) is 29.4 Å². The molecule has 0 aromatic rings.